The number of piperidine rings is 1. The Morgan fingerprint density at radius 3 is 2.90 bits per heavy atom. The topological polar surface area (TPSA) is 119 Å². The number of hydrazine groups is 1. The summed E-state index contributed by atoms with van der Waals surface area (Å²) in [5, 5.41) is 4.93. The number of hydrogen-bond acceptors (Lipinski definition) is 7. The minimum atomic E-state index is -0.169. The molecule has 0 spiro atoms. The molecule has 1 fully saturated rings. The molecule has 0 radical (unpaired) electrons. The molecule has 0 unspecified atom stereocenters. The number of rotatable bonds is 6. The maximum atomic E-state index is 13.3. The van der Waals surface area contributed by atoms with Crippen molar-refractivity contribution in [2.24, 2.45) is 16.7 Å². The highest BCUT2D eigenvalue weighted by molar-refractivity contribution is 6.00. The van der Waals surface area contributed by atoms with Crippen molar-refractivity contribution >= 4 is 17.9 Å². The van der Waals surface area contributed by atoms with Crippen LogP contribution in [0.2, 0.25) is 0 Å². The first kappa shape index (κ1) is 20.4. The molecule has 1 aromatic heterocycles. The van der Waals surface area contributed by atoms with E-state index in [1.807, 2.05) is 6.92 Å². The molecule has 29 heavy (non-hydrogen) atoms. The first-order valence-corrected chi connectivity index (χ1v) is 9.39. The molecule has 1 aliphatic heterocycles. The van der Waals surface area contributed by atoms with Gasteiger partial charge < -0.3 is 20.1 Å². The largest absolute Gasteiger partial charge is 0.497 e. The van der Waals surface area contributed by atoms with Crippen LogP contribution in [0, 0.1) is 0 Å². The van der Waals surface area contributed by atoms with Crippen molar-refractivity contribution < 1.29 is 14.3 Å². The highest BCUT2D eigenvalue weighted by Crippen LogP contribution is 2.27. The molecular formula is C20H26N6O3. The fourth-order valence-corrected chi connectivity index (χ4v) is 3.35. The lowest BCUT2D eigenvalue weighted by molar-refractivity contribution is 0.0372. The van der Waals surface area contributed by atoms with E-state index >= 15 is 0 Å². The predicted octanol–water partition coefficient (Wildman–Crippen LogP) is 1.74. The molecule has 2 atom stereocenters. The van der Waals surface area contributed by atoms with Crippen LogP contribution in [0.1, 0.15) is 30.1 Å². The van der Waals surface area contributed by atoms with E-state index in [-0.39, 0.29) is 18.1 Å². The van der Waals surface area contributed by atoms with Gasteiger partial charge in [-0.2, -0.15) is 5.12 Å². The number of hydrogen-bond donors (Lipinski definition) is 2. The van der Waals surface area contributed by atoms with Crippen LogP contribution >= 0.6 is 0 Å². The number of aromatic nitrogens is 1. The first-order valence-electron chi connectivity index (χ1n) is 9.39. The molecule has 0 aliphatic carbocycles. The second kappa shape index (κ2) is 9.24. The fourth-order valence-electron chi connectivity index (χ4n) is 3.35. The zero-order chi connectivity index (χ0) is 20.8. The summed E-state index contributed by atoms with van der Waals surface area (Å²) >= 11 is 0. The van der Waals surface area contributed by atoms with E-state index in [0.29, 0.717) is 29.4 Å². The molecule has 9 nitrogen and oxygen atoms in total. The zero-order valence-corrected chi connectivity index (χ0v) is 16.6. The third-order valence-corrected chi connectivity index (χ3v) is 4.90. The molecule has 1 aliphatic rings. The number of anilines is 1. The van der Waals surface area contributed by atoms with Gasteiger partial charge in [0.2, 0.25) is 5.88 Å². The van der Waals surface area contributed by atoms with E-state index in [4.69, 9.17) is 21.1 Å². The summed E-state index contributed by atoms with van der Waals surface area (Å²) < 4.78 is 11.2. The Morgan fingerprint density at radius 1 is 1.34 bits per heavy atom. The van der Waals surface area contributed by atoms with Gasteiger partial charge in [-0.3, -0.25) is 4.79 Å². The highest BCUT2D eigenvalue weighted by Gasteiger charge is 2.32. The number of benzene rings is 1. The van der Waals surface area contributed by atoms with Gasteiger partial charge in [0.1, 0.15) is 18.2 Å². The number of methoxy groups -OCH3 is 1. The quantitative estimate of drug-likeness (QED) is 0.329. The zero-order valence-electron chi connectivity index (χ0n) is 16.6. The van der Waals surface area contributed by atoms with Crippen molar-refractivity contribution in [2.45, 2.75) is 31.9 Å². The van der Waals surface area contributed by atoms with E-state index < -0.39 is 0 Å². The number of ether oxygens (including phenoxy) is 2. The van der Waals surface area contributed by atoms with Crippen LogP contribution < -0.4 is 26.2 Å². The lowest BCUT2D eigenvalue weighted by Crippen LogP contribution is -2.49. The molecule has 1 aromatic carbocycles. The van der Waals surface area contributed by atoms with Crippen LogP contribution in [0.3, 0.4) is 0 Å². The fraction of sp³-hybridized carbons (Fsp3) is 0.350. The third kappa shape index (κ3) is 4.75. The average Bonchev–Trinajstić information content (AvgIpc) is 2.75. The van der Waals surface area contributed by atoms with Crippen LogP contribution in [0.5, 0.6) is 11.6 Å². The van der Waals surface area contributed by atoms with Crippen LogP contribution in [-0.2, 0) is 0 Å². The molecular weight excluding hydrogens is 372 g/mol. The van der Waals surface area contributed by atoms with E-state index in [2.05, 4.69) is 10.1 Å². The minimum absolute atomic E-state index is 0.0675. The average molecular weight is 398 g/mol. The van der Waals surface area contributed by atoms with Crippen LogP contribution in [0.25, 0.3) is 0 Å². The van der Waals surface area contributed by atoms with Crippen LogP contribution in [0.4, 0.5) is 5.69 Å². The molecule has 0 bridgehead atoms. The van der Waals surface area contributed by atoms with Gasteiger partial charge in [-0.15, -0.1) is 5.10 Å². The summed E-state index contributed by atoms with van der Waals surface area (Å²) in [6.07, 6.45) is 4.18. The van der Waals surface area contributed by atoms with Crippen molar-refractivity contribution in [3.63, 3.8) is 0 Å². The lowest BCUT2D eigenvalue weighted by Gasteiger charge is -2.38. The first-order chi connectivity index (χ1) is 14.0. The van der Waals surface area contributed by atoms with Gasteiger partial charge in [-0.05, 0) is 38.0 Å². The standard InChI is InChI=1S/C20H26N6O3/c1-14-7-8-16(29-19-11-15(28-2)9-10-23-19)12-25(14)20(27)17-5-3-4-6-18(17)26(22)24-13-21/h3-6,9-11,13-14,16H,7-8,12,22H2,1-2H3,(H2,21,24)/t14-,16-/m1/s1. The number of carbonyl (C=O) groups is 1. The Hall–Kier alpha value is -3.33. The van der Waals surface area contributed by atoms with Gasteiger partial charge in [-0.1, -0.05) is 12.1 Å². The molecule has 9 heteroatoms. The van der Waals surface area contributed by atoms with Gasteiger partial charge in [0.05, 0.1) is 24.9 Å². The number of para-hydroxylation sites is 1. The van der Waals surface area contributed by atoms with E-state index in [1.165, 1.54) is 0 Å². The normalized spacial score (nSPS) is 19.2. The monoisotopic (exact) mass is 398 g/mol. The van der Waals surface area contributed by atoms with Gasteiger partial charge in [0.25, 0.3) is 5.91 Å². The summed E-state index contributed by atoms with van der Waals surface area (Å²) in [7, 11) is 1.59. The van der Waals surface area contributed by atoms with Crippen molar-refractivity contribution in [3.05, 3.63) is 48.2 Å². The Bertz CT molecular complexity index is 875. The second-order valence-corrected chi connectivity index (χ2v) is 6.78. The van der Waals surface area contributed by atoms with Gasteiger partial charge in [-0.25, -0.2) is 10.8 Å². The molecule has 3 rings (SSSR count). The number of nitrogens with zero attached hydrogens (tertiary/aromatic N) is 4. The number of carbonyl (C=O) groups excluding carboxylic acids is 1. The van der Waals surface area contributed by atoms with E-state index in [9.17, 15) is 4.79 Å². The van der Waals surface area contributed by atoms with Crippen molar-refractivity contribution in [1.82, 2.24) is 9.88 Å². The molecule has 1 amide bonds. The van der Waals surface area contributed by atoms with E-state index in [1.54, 1.807) is 54.6 Å². The summed E-state index contributed by atoms with van der Waals surface area (Å²) in [5.74, 6) is 6.91. The Balaban J connectivity index is 1.78. The summed E-state index contributed by atoms with van der Waals surface area (Å²) in [5.41, 5.74) is 6.26. The van der Waals surface area contributed by atoms with Crippen molar-refractivity contribution in [2.75, 3.05) is 18.8 Å². The molecule has 4 N–H and O–H groups in total. The number of nitrogens with two attached hydrogens (primary N) is 2. The Kier molecular flexibility index (Phi) is 6.50. The van der Waals surface area contributed by atoms with Gasteiger partial charge >= 0.3 is 0 Å². The SMILES string of the molecule is COc1ccnc(O[C@@H]2CC[C@@H](C)N(C(=O)c3ccccc3N(N)/N=C\N)C2)c1. The highest BCUT2D eigenvalue weighted by atomic mass is 16.5. The van der Waals surface area contributed by atoms with Crippen molar-refractivity contribution in [1.29, 1.82) is 0 Å². The van der Waals surface area contributed by atoms with Crippen LogP contribution in [-0.4, -0.2) is 47.9 Å². The minimum Gasteiger partial charge on any atom is -0.497 e. The molecule has 2 aromatic rings. The maximum Gasteiger partial charge on any atom is 0.256 e. The van der Waals surface area contributed by atoms with E-state index in [0.717, 1.165) is 24.3 Å². The lowest BCUT2D eigenvalue weighted by atomic mass is 9.99. The van der Waals surface area contributed by atoms with Gasteiger partial charge in [0, 0.05) is 18.3 Å². The summed E-state index contributed by atoms with van der Waals surface area (Å²) in [4.78, 5) is 19.3. The number of hydrazone groups is 1. The summed E-state index contributed by atoms with van der Waals surface area (Å²) in [6.45, 7) is 2.47. The maximum absolute atomic E-state index is 13.3. The Labute approximate surface area is 169 Å². The smallest absolute Gasteiger partial charge is 0.256 e. The van der Waals surface area contributed by atoms with Crippen LogP contribution in [0.15, 0.2) is 47.7 Å². The Morgan fingerprint density at radius 2 is 2.14 bits per heavy atom. The molecule has 1 saturated heterocycles. The third-order valence-electron chi connectivity index (χ3n) is 4.90. The molecule has 154 valence electrons. The molecule has 2 heterocycles. The predicted molar refractivity (Wildman–Crippen MR) is 111 cm³/mol. The summed E-state index contributed by atoms with van der Waals surface area (Å²) in [6, 6.07) is 10.6. The molecule has 0 saturated carbocycles. The van der Waals surface area contributed by atoms with Gasteiger partial charge in [0.15, 0.2) is 0 Å². The second-order valence-electron chi connectivity index (χ2n) is 6.78. The number of likely N-dealkylation sites (tertiary alicyclic amines) is 1. The number of pyridine rings is 1. The van der Waals surface area contributed by atoms with Crippen molar-refractivity contribution in [3.8, 4) is 11.6 Å². The number of amides is 1.